The van der Waals surface area contributed by atoms with Crippen molar-refractivity contribution in [1.82, 2.24) is 5.32 Å². The third kappa shape index (κ3) is 7.83. The minimum Gasteiger partial charge on any atom is -0.491 e. The average molecular weight is 446 g/mol. The number of hydrogen-bond donors (Lipinski definition) is 1. The summed E-state index contributed by atoms with van der Waals surface area (Å²) < 4.78 is 16.3. The van der Waals surface area contributed by atoms with E-state index >= 15 is 0 Å². The molecule has 1 amide bonds. The van der Waals surface area contributed by atoms with Gasteiger partial charge in [0.25, 0.3) is 0 Å². The zero-order valence-electron chi connectivity index (χ0n) is 18.8. The lowest BCUT2D eigenvalue weighted by atomic mass is 10.0. The molecule has 0 saturated heterocycles. The van der Waals surface area contributed by atoms with Crippen molar-refractivity contribution in [1.29, 1.82) is 0 Å². The van der Waals surface area contributed by atoms with Crippen molar-refractivity contribution in [3.8, 4) is 5.75 Å². The van der Waals surface area contributed by atoms with E-state index in [-0.39, 0.29) is 13.2 Å². The van der Waals surface area contributed by atoms with E-state index in [4.69, 9.17) is 14.2 Å². The van der Waals surface area contributed by atoms with Crippen LogP contribution in [0.1, 0.15) is 49.2 Å². The van der Waals surface area contributed by atoms with Crippen molar-refractivity contribution in [3.05, 3.63) is 59.2 Å². The van der Waals surface area contributed by atoms with Crippen LogP contribution in [0.2, 0.25) is 0 Å². The number of amides is 1. The number of alkyl carbamates (subject to hydrolysis) is 1. The van der Waals surface area contributed by atoms with Gasteiger partial charge in [0.05, 0.1) is 13.7 Å². The molecule has 0 spiro atoms. The number of hydrogen-bond acceptors (Lipinski definition) is 6. The maximum atomic E-state index is 12.6. The van der Waals surface area contributed by atoms with E-state index in [0.29, 0.717) is 23.5 Å². The van der Waals surface area contributed by atoms with Crippen LogP contribution in [0.4, 0.5) is 4.79 Å². The molecule has 0 radical (unpaired) electrons. The van der Waals surface area contributed by atoms with Gasteiger partial charge in [-0.1, -0.05) is 37.3 Å². The molecule has 6 nitrogen and oxygen atoms in total. The number of aryl methyl sites for hydroxylation is 1. The number of thioether (sulfide) groups is 1. The predicted octanol–water partition coefficient (Wildman–Crippen LogP) is 5.23. The number of esters is 1. The second-order valence-corrected chi connectivity index (χ2v) is 8.86. The van der Waals surface area contributed by atoms with Gasteiger partial charge < -0.3 is 19.5 Å². The Bertz CT molecular complexity index is 878. The minimum atomic E-state index is -0.566. The van der Waals surface area contributed by atoms with E-state index in [9.17, 15) is 9.59 Å². The summed E-state index contributed by atoms with van der Waals surface area (Å²) in [6.07, 6.45) is 0.193. The Balaban J connectivity index is 2.15. The number of nitrogens with one attached hydrogen (secondary N) is 1. The molecule has 0 atom stereocenters. The number of methoxy groups -OCH3 is 1. The van der Waals surface area contributed by atoms with Crippen LogP contribution in [0.5, 0.6) is 5.75 Å². The van der Waals surface area contributed by atoms with Crippen LogP contribution in [-0.2, 0) is 21.6 Å². The molecule has 0 aromatic heterocycles. The van der Waals surface area contributed by atoms with Crippen molar-refractivity contribution >= 4 is 23.8 Å². The summed E-state index contributed by atoms with van der Waals surface area (Å²) in [5.74, 6) is 0.672. The molecule has 0 fully saturated rings. The van der Waals surface area contributed by atoms with E-state index in [1.165, 1.54) is 7.11 Å². The number of carbonyl (C=O) groups excluding carboxylic acids is 2. The summed E-state index contributed by atoms with van der Waals surface area (Å²) in [5.41, 5.74) is 1.62. The molecule has 0 heterocycles. The van der Waals surface area contributed by atoms with Crippen LogP contribution in [0.15, 0.2) is 47.4 Å². The monoisotopic (exact) mass is 445 g/mol. The van der Waals surface area contributed by atoms with Crippen molar-refractivity contribution in [2.75, 3.05) is 20.3 Å². The SMILES string of the molecule is CCc1ccc(CSc2ccccc2)c(C(=O)OC)c1OCCNC(=O)OC(C)(C)C. The highest BCUT2D eigenvalue weighted by molar-refractivity contribution is 7.98. The van der Waals surface area contributed by atoms with E-state index in [1.54, 1.807) is 32.5 Å². The number of benzene rings is 2. The van der Waals surface area contributed by atoms with Gasteiger partial charge >= 0.3 is 12.1 Å². The van der Waals surface area contributed by atoms with Gasteiger partial charge in [-0.15, -0.1) is 11.8 Å². The molecule has 0 unspecified atom stereocenters. The fourth-order valence-electron chi connectivity index (χ4n) is 2.85. The first kappa shape index (κ1) is 24.6. The molecule has 31 heavy (non-hydrogen) atoms. The molecule has 0 saturated carbocycles. The molecule has 0 bridgehead atoms. The molecular weight excluding hydrogens is 414 g/mol. The standard InChI is InChI=1S/C24H31NO5S/c1-6-17-12-13-18(16-31-19-10-8-7-9-11-19)20(22(26)28-5)21(17)29-15-14-25-23(27)30-24(2,3)4/h7-13H,6,14-16H2,1-5H3,(H,25,27). The van der Waals surface area contributed by atoms with Gasteiger partial charge in [-0.05, 0) is 50.5 Å². The lowest BCUT2D eigenvalue weighted by Crippen LogP contribution is -2.34. The molecule has 7 heteroatoms. The van der Waals surface area contributed by atoms with Crippen molar-refractivity contribution < 1.29 is 23.8 Å². The molecule has 0 aliphatic rings. The quantitative estimate of drug-likeness (QED) is 0.324. The second-order valence-electron chi connectivity index (χ2n) is 7.81. The van der Waals surface area contributed by atoms with Crippen LogP contribution in [-0.4, -0.2) is 37.9 Å². The first-order chi connectivity index (χ1) is 14.7. The van der Waals surface area contributed by atoms with Crippen LogP contribution in [0, 0.1) is 0 Å². The summed E-state index contributed by atoms with van der Waals surface area (Å²) in [5, 5.41) is 2.66. The Morgan fingerprint density at radius 3 is 2.32 bits per heavy atom. The number of ether oxygens (including phenoxy) is 3. The highest BCUT2D eigenvalue weighted by Gasteiger charge is 2.22. The summed E-state index contributed by atoms with van der Waals surface area (Å²) in [6, 6.07) is 13.9. The van der Waals surface area contributed by atoms with Crippen LogP contribution >= 0.6 is 11.8 Å². The van der Waals surface area contributed by atoms with Gasteiger partial charge in [0.15, 0.2) is 0 Å². The topological polar surface area (TPSA) is 73.9 Å². The van der Waals surface area contributed by atoms with Gasteiger partial charge in [-0.25, -0.2) is 9.59 Å². The summed E-state index contributed by atoms with van der Waals surface area (Å²) in [6.45, 7) is 7.86. The van der Waals surface area contributed by atoms with Crippen molar-refractivity contribution in [2.24, 2.45) is 0 Å². The molecule has 0 aliphatic carbocycles. The Morgan fingerprint density at radius 1 is 1.03 bits per heavy atom. The lowest BCUT2D eigenvalue weighted by Gasteiger charge is -2.20. The van der Waals surface area contributed by atoms with E-state index in [0.717, 1.165) is 16.0 Å². The molecule has 168 valence electrons. The number of rotatable bonds is 9. The highest BCUT2D eigenvalue weighted by Crippen LogP contribution is 2.33. The zero-order valence-corrected chi connectivity index (χ0v) is 19.6. The number of carbonyl (C=O) groups is 2. The maximum Gasteiger partial charge on any atom is 0.407 e. The third-order valence-electron chi connectivity index (χ3n) is 4.25. The molecule has 1 N–H and O–H groups in total. The minimum absolute atomic E-state index is 0.200. The summed E-state index contributed by atoms with van der Waals surface area (Å²) in [7, 11) is 1.36. The average Bonchev–Trinajstić information content (AvgIpc) is 2.74. The molecule has 2 aromatic rings. The molecule has 0 aliphatic heterocycles. The van der Waals surface area contributed by atoms with Gasteiger partial charge in [0, 0.05) is 10.6 Å². The van der Waals surface area contributed by atoms with Crippen LogP contribution < -0.4 is 10.1 Å². The van der Waals surface area contributed by atoms with Crippen molar-refractivity contribution in [3.63, 3.8) is 0 Å². The maximum absolute atomic E-state index is 12.6. The van der Waals surface area contributed by atoms with E-state index in [2.05, 4.69) is 5.32 Å². The van der Waals surface area contributed by atoms with E-state index < -0.39 is 17.7 Å². The second kappa shape index (κ2) is 11.6. The Hall–Kier alpha value is -2.67. The Labute approximate surface area is 188 Å². The van der Waals surface area contributed by atoms with Gasteiger partial charge in [-0.3, -0.25) is 0 Å². The predicted molar refractivity (Wildman–Crippen MR) is 123 cm³/mol. The third-order valence-corrected chi connectivity index (χ3v) is 5.31. The van der Waals surface area contributed by atoms with Gasteiger partial charge in [-0.2, -0.15) is 0 Å². The molecular formula is C24H31NO5S. The normalized spacial score (nSPS) is 11.0. The zero-order chi connectivity index (χ0) is 22.9. The summed E-state index contributed by atoms with van der Waals surface area (Å²) >= 11 is 1.64. The van der Waals surface area contributed by atoms with Gasteiger partial charge in [0.1, 0.15) is 23.5 Å². The Kier molecular flexibility index (Phi) is 9.24. The van der Waals surface area contributed by atoms with Crippen LogP contribution in [0.3, 0.4) is 0 Å². The smallest absolute Gasteiger partial charge is 0.407 e. The fourth-order valence-corrected chi connectivity index (χ4v) is 3.77. The lowest BCUT2D eigenvalue weighted by molar-refractivity contribution is 0.0515. The summed E-state index contributed by atoms with van der Waals surface area (Å²) in [4.78, 5) is 25.6. The molecule has 2 aromatic carbocycles. The fraction of sp³-hybridized carbons (Fsp3) is 0.417. The largest absolute Gasteiger partial charge is 0.491 e. The first-order valence-electron chi connectivity index (χ1n) is 10.3. The highest BCUT2D eigenvalue weighted by atomic mass is 32.2. The molecule has 2 rings (SSSR count). The van der Waals surface area contributed by atoms with Crippen molar-refractivity contribution in [2.45, 2.75) is 50.4 Å². The van der Waals surface area contributed by atoms with E-state index in [1.807, 2.05) is 49.4 Å². The van der Waals surface area contributed by atoms with Gasteiger partial charge in [0.2, 0.25) is 0 Å². The first-order valence-corrected chi connectivity index (χ1v) is 11.2. The Morgan fingerprint density at radius 2 is 1.71 bits per heavy atom. The van der Waals surface area contributed by atoms with Crippen LogP contribution in [0.25, 0.3) is 0 Å².